The molecule has 6 N–H and O–H groups in total. The third kappa shape index (κ3) is 5.48. The van der Waals surface area contributed by atoms with Crippen LogP contribution in [0.25, 0.3) is 0 Å². The molecule has 198 valence electrons. The number of benzene rings is 1. The first kappa shape index (κ1) is 26.3. The van der Waals surface area contributed by atoms with E-state index in [4.69, 9.17) is 18.9 Å². The van der Waals surface area contributed by atoms with Crippen LogP contribution in [-0.2, 0) is 35.0 Å². The summed E-state index contributed by atoms with van der Waals surface area (Å²) in [7, 11) is 0. The number of carbonyl (C=O) groups is 2. The van der Waals surface area contributed by atoms with Gasteiger partial charge in [0.2, 0.25) is 6.29 Å². The lowest BCUT2D eigenvalue weighted by Crippen LogP contribution is -2.60. The van der Waals surface area contributed by atoms with Crippen LogP contribution in [0.15, 0.2) is 36.1 Å². The molecule has 12 heteroatoms. The van der Waals surface area contributed by atoms with Crippen molar-refractivity contribution in [2.75, 3.05) is 13.2 Å². The Labute approximate surface area is 206 Å². The van der Waals surface area contributed by atoms with Crippen molar-refractivity contribution in [3.05, 3.63) is 41.7 Å². The van der Waals surface area contributed by atoms with Gasteiger partial charge in [-0.05, 0) is 30.5 Å². The number of aliphatic hydroxyl groups is 4. The van der Waals surface area contributed by atoms with Crippen molar-refractivity contribution in [1.29, 1.82) is 0 Å². The molecule has 9 atom stereocenters. The summed E-state index contributed by atoms with van der Waals surface area (Å²) in [5.74, 6) is -2.96. The first-order valence-electron chi connectivity index (χ1n) is 11.7. The molecule has 2 fully saturated rings. The van der Waals surface area contributed by atoms with Crippen LogP contribution >= 0.6 is 0 Å². The number of carbonyl (C=O) groups excluding carboxylic acids is 1. The van der Waals surface area contributed by atoms with Crippen LogP contribution in [-0.4, -0.2) is 92.8 Å². The van der Waals surface area contributed by atoms with Crippen LogP contribution in [0.3, 0.4) is 0 Å². The summed E-state index contributed by atoms with van der Waals surface area (Å²) >= 11 is 0. The average molecular weight is 510 g/mol. The lowest BCUT2D eigenvalue weighted by molar-refractivity contribution is -0.342. The van der Waals surface area contributed by atoms with Gasteiger partial charge in [0.1, 0.15) is 30.2 Å². The fourth-order valence-electron chi connectivity index (χ4n) is 5.07. The first-order valence-corrected chi connectivity index (χ1v) is 11.7. The van der Waals surface area contributed by atoms with Crippen LogP contribution < -0.4 is 0 Å². The maximum absolute atomic E-state index is 12.4. The zero-order valence-corrected chi connectivity index (χ0v) is 19.3. The van der Waals surface area contributed by atoms with Crippen molar-refractivity contribution < 1.29 is 59.2 Å². The van der Waals surface area contributed by atoms with Gasteiger partial charge in [0, 0.05) is 17.8 Å². The van der Waals surface area contributed by atoms with Gasteiger partial charge < -0.3 is 49.6 Å². The normalized spacial score (nSPS) is 35.9. The van der Waals surface area contributed by atoms with Crippen LogP contribution in [0.4, 0.5) is 0 Å². The number of hydrogen-bond donors (Lipinski definition) is 6. The van der Waals surface area contributed by atoms with E-state index in [1.54, 1.807) is 12.1 Å². The molecular formula is C24H30O12. The largest absolute Gasteiger partial charge is 0.508 e. The monoisotopic (exact) mass is 510 g/mol. The summed E-state index contributed by atoms with van der Waals surface area (Å²) in [4.78, 5) is 24.1. The van der Waals surface area contributed by atoms with Crippen LogP contribution in [0.5, 0.6) is 5.75 Å². The lowest BCUT2D eigenvalue weighted by Gasteiger charge is -2.43. The molecule has 2 aliphatic heterocycles. The minimum Gasteiger partial charge on any atom is -0.508 e. The van der Waals surface area contributed by atoms with Gasteiger partial charge in [0.25, 0.3) is 0 Å². The Bertz CT molecular complexity index is 960. The number of fused-ring (bicyclic) bond motifs is 1. The van der Waals surface area contributed by atoms with Gasteiger partial charge in [-0.15, -0.1) is 0 Å². The number of esters is 1. The Balaban J connectivity index is 1.45. The van der Waals surface area contributed by atoms with E-state index in [1.165, 1.54) is 12.1 Å². The number of phenols is 1. The predicted octanol–water partition coefficient (Wildman–Crippen LogP) is -0.738. The van der Waals surface area contributed by atoms with Gasteiger partial charge in [-0.1, -0.05) is 12.1 Å². The molecule has 1 aromatic rings. The minimum absolute atomic E-state index is 0.0112. The van der Waals surface area contributed by atoms with Crippen LogP contribution in [0.2, 0.25) is 0 Å². The molecule has 1 aromatic carbocycles. The van der Waals surface area contributed by atoms with Crippen LogP contribution in [0, 0.1) is 17.8 Å². The standard InChI is InChI=1S/C24H30O12/c25-8-16-19(28)20(29)21(30)24(35-16)36-23-18-12(3-6-14(18)15(10-34-23)22(31)32)9-33-17(27)7-11-1-4-13(26)5-2-11/h1-2,4-5,10,12,14,16,18-21,23-26,28-30H,3,6-9H2,(H,31,32)/t12-,14-,16-,18-,19-,20+,21-,23+,24+/m1/s1. The molecule has 1 saturated heterocycles. The highest BCUT2D eigenvalue weighted by Crippen LogP contribution is 2.47. The van der Waals surface area contributed by atoms with E-state index in [0.29, 0.717) is 18.4 Å². The van der Waals surface area contributed by atoms with E-state index in [2.05, 4.69) is 0 Å². The fraction of sp³-hybridized carbons (Fsp3) is 0.583. The molecule has 0 aromatic heterocycles. The van der Waals surface area contributed by atoms with Crippen molar-refractivity contribution in [3.8, 4) is 5.75 Å². The summed E-state index contributed by atoms with van der Waals surface area (Å²) in [6.45, 7) is -0.659. The number of ether oxygens (including phenoxy) is 4. The summed E-state index contributed by atoms with van der Waals surface area (Å²) in [6, 6.07) is 6.13. The number of aliphatic carboxylic acids is 1. The highest BCUT2D eigenvalue weighted by molar-refractivity contribution is 5.87. The summed E-state index contributed by atoms with van der Waals surface area (Å²) in [6.07, 6.45) is -6.56. The number of phenolic OH excluding ortho intramolecular Hbond substituents is 1. The Kier molecular flexibility index (Phi) is 8.13. The molecule has 36 heavy (non-hydrogen) atoms. The Morgan fingerprint density at radius 2 is 1.72 bits per heavy atom. The number of carboxylic acid groups (broad SMARTS) is 1. The molecule has 0 amide bonds. The van der Waals surface area contributed by atoms with Gasteiger partial charge >= 0.3 is 11.9 Å². The quantitative estimate of drug-likeness (QED) is 0.240. The zero-order chi connectivity index (χ0) is 26.0. The SMILES string of the molecule is O=C(Cc1ccc(O)cc1)OC[C@H]1CC[C@@H]2C(C(=O)O)=CO[C@@H](O[C@@H]3O[C@H](CO)[C@@H](O)[C@H](O)[C@H]3O)[C@H]12. The Hall–Kier alpha value is -2.74. The van der Waals surface area contributed by atoms with Crippen molar-refractivity contribution in [1.82, 2.24) is 0 Å². The molecule has 3 aliphatic rings. The second kappa shape index (κ2) is 11.1. The minimum atomic E-state index is -1.65. The average Bonchev–Trinajstić information content (AvgIpc) is 3.29. The van der Waals surface area contributed by atoms with Crippen molar-refractivity contribution in [3.63, 3.8) is 0 Å². The molecule has 1 saturated carbocycles. The molecule has 0 spiro atoms. The highest BCUT2D eigenvalue weighted by atomic mass is 16.8. The van der Waals surface area contributed by atoms with Gasteiger partial charge in [0.05, 0.1) is 31.5 Å². The number of hydrogen-bond acceptors (Lipinski definition) is 11. The van der Waals surface area contributed by atoms with Crippen molar-refractivity contribution in [2.24, 2.45) is 17.8 Å². The van der Waals surface area contributed by atoms with E-state index in [9.17, 15) is 40.2 Å². The molecule has 4 rings (SSSR count). The maximum Gasteiger partial charge on any atom is 0.334 e. The third-order valence-corrected chi connectivity index (χ3v) is 7.01. The maximum atomic E-state index is 12.4. The van der Waals surface area contributed by atoms with E-state index in [1.807, 2.05) is 0 Å². The Morgan fingerprint density at radius 1 is 1.00 bits per heavy atom. The van der Waals surface area contributed by atoms with Crippen molar-refractivity contribution >= 4 is 11.9 Å². The molecule has 0 radical (unpaired) electrons. The Morgan fingerprint density at radius 3 is 2.39 bits per heavy atom. The van der Waals surface area contributed by atoms with Crippen molar-refractivity contribution in [2.45, 2.75) is 56.3 Å². The summed E-state index contributed by atoms with van der Waals surface area (Å²) in [5.41, 5.74) is 0.703. The number of rotatable bonds is 8. The van der Waals surface area contributed by atoms with E-state index in [0.717, 1.165) is 6.26 Å². The predicted molar refractivity (Wildman–Crippen MR) is 118 cm³/mol. The number of aliphatic hydroxyl groups excluding tert-OH is 4. The van der Waals surface area contributed by atoms with E-state index in [-0.39, 0.29) is 30.3 Å². The topological polar surface area (TPSA) is 192 Å². The number of carboxylic acids is 1. The lowest BCUT2D eigenvalue weighted by atomic mass is 9.83. The molecule has 1 aliphatic carbocycles. The second-order valence-corrected chi connectivity index (χ2v) is 9.26. The van der Waals surface area contributed by atoms with Crippen LogP contribution in [0.1, 0.15) is 18.4 Å². The molecule has 2 heterocycles. The van der Waals surface area contributed by atoms with Gasteiger partial charge in [0.15, 0.2) is 6.29 Å². The smallest absolute Gasteiger partial charge is 0.334 e. The van der Waals surface area contributed by atoms with Gasteiger partial charge in [-0.3, -0.25) is 4.79 Å². The highest BCUT2D eigenvalue weighted by Gasteiger charge is 2.52. The second-order valence-electron chi connectivity index (χ2n) is 9.26. The fourth-order valence-corrected chi connectivity index (χ4v) is 5.07. The molecule has 12 nitrogen and oxygen atoms in total. The first-order chi connectivity index (χ1) is 17.2. The molecule has 0 unspecified atom stereocenters. The summed E-state index contributed by atoms with van der Waals surface area (Å²) < 4.78 is 22.2. The zero-order valence-electron chi connectivity index (χ0n) is 19.3. The van der Waals surface area contributed by atoms with Gasteiger partial charge in [-0.2, -0.15) is 0 Å². The molecule has 0 bridgehead atoms. The number of aromatic hydroxyl groups is 1. The van der Waals surface area contributed by atoms with E-state index >= 15 is 0 Å². The third-order valence-electron chi connectivity index (χ3n) is 7.01. The van der Waals surface area contributed by atoms with Gasteiger partial charge in [-0.25, -0.2) is 4.79 Å². The molecular weight excluding hydrogens is 480 g/mol. The van der Waals surface area contributed by atoms with E-state index < -0.39 is 67.4 Å². The summed E-state index contributed by atoms with van der Waals surface area (Å²) in [5, 5.41) is 58.8.